The van der Waals surface area contributed by atoms with E-state index in [-0.39, 0.29) is 5.41 Å². The summed E-state index contributed by atoms with van der Waals surface area (Å²) in [5.41, 5.74) is -0.130. The first kappa shape index (κ1) is 13.7. The lowest BCUT2D eigenvalue weighted by atomic mass is 9.83. The molecule has 0 saturated carbocycles. The molecule has 2 heteroatoms. The van der Waals surface area contributed by atoms with Gasteiger partial charge in [-0.15, -0.1) is 0 Å². The molecule has 1 rings (SSSR count). The van der Waals surface area contributed by atoms with Crippen molar-refractivity contribution in [3.05, 3.63) is 0 Å². The molecule has 0 aromatic rings. The summed E-state index contributed by atoms with van der Waals surface area (Å²) >= 11 is 0. The molecule has 0 amide bonds. The summed E-state index contributed by atoms with van der Waals surface area (Å²) in [6.45, 7) is 12.2. The first-order chi connectivity index (χ1) is 7.50. The van der Waals surface area contributed by atoms with Crippen LogP contribution in [0, 0.1) is 17.3 Å². The number of likely N-dealkylation sites (tertiary alicyclic amines) is 1. The minimum Gasteiger partial charge on any atom is -0.303 e. The average molecular weight is 225 g/mol. The second kappa shape index (κ2) is 5.81. The molecule has 0 radical (unpaired) electrons. The maximum Gasteiger partial charge on any atom is 0.127 e. The van der Waals surface area contributed by atoms with Crippen LogP contribution in [0.3, 0.4) is 0 Å². The van der Waals surface area contributed by atoms with Crippen molar-refractivity contribution >= 4 is 6.29 Å². The Morgan fingerprint density at radius 2 is 2.06 bits per heavy atom. The highest BCUT2D eigenvalue weighted by Crippen LogP contribution is 2.27. The van der Waals surface area contributed by atoms with Crippen LogP contribution in [0.1, 0.15) is 47.0 Å². The first-order valence-electron chi connectivity index (χ1n) is 6.69. The third-order valence-electron chi connectivity index (χ3n) is 4.11. The molecule has 0 bridgehead atoms. The van der Waals surface area contributed by atoms with Gasteiger partial charge in [-0.1, -0.05) is 34.1 Å². The molecule has 94 valence electrons. The molecule has 1 aliphatic heterocycles. The molecule has 0 spiro atoms. The molecule has 2 nitrogen and oxygen atoms in total. The summed E-state index contributed by atoms with van der Waals surface area (Å²) in [6, 6.07) is 0. The average Bonchev–Trinajstić information content (AvgIpc) is 2.24. The lowest BCUT2D eigenvalue weighted by molar-refractivity contribution is -0.117. The van der Waals surface area contributed by atoms with E-state index in [1.807, 2.05) is 0 Å². The number of piperidine rings is 1. The topological polar surface area (TPSA) is 20.3 Å². The van der Waals surface area contributed by atoms with Gasteiger partial charge in [0.25, 0.3) is 0 Å². The van der Waals surface area contributed by atoms with Gasteiger partial charge in [-0.05, 0) is 31.2 Å². The van der Waals surface area contributed by atoms with Gasteiger partial charge in [-0.25, -0.2) is 0 Å². The number of carbonyl (C=O) groups excluding carboxylic acids is 1. The van der Waals surface area contributed by atoms with Crippen molar-refractivity contribution in [1.82, 2.24) is 4.90 Å². The van der Waals surface area contributed by atoms with E-state index in [2.05, 4.69) is 32.6 Å². The van der Waals surface area contributed by atoms with Crippen molar-refractivity contribution in [2.75, 3.05) is 19.6 Å². The van der Waals surface area contributed by atoms with Crippen molar-refractivity contribution < 1.29 is 4.79 Å². The molecule has 0 N–H and O–H groups in total. The van der Waals surface area contributed by atoms with Gasteiger partial charge >= 0.3 is 0 Å². The molecular formula is C14H27NO. The number of rotatable bonds is 5. The first-order valence-corrected chi connectivity index (χ1v) is 6.69. The third kappa shape index (κ3) is 3.58. The minimum absolute atomic E-state index is 0.130. The monoisotopic (exact) mass is 225 g/mol. The van der Waals surface area contributed by atoms with Crippen molar-refractivity contribution in [3.8, 4) is 0 Å². The van der Waals surface area contributed by atoms with Gasteiger partial charge in [-0.3, -0.25) is 0 Å². The summed E-state index contributed by atoms with van der Waals surface area (Å²) in [5, 5.41) is 0. The minimum atomic E-state index is -0.130. The smallest absolute Gasteiger partial charge is 0.127 e. The fourth-order valence-corrected chi connectivity index (χ4v) is 2.75. The highest BCUT2D eigenvalue weighted by Gasteiger charge is 2.29. The van der Waals surface area contributed by atoms with E-state index < -0.39 is 0 Å². The molecule has 1 saturated heterocycles. The van der Waals surface area contributed by atoms with Crippen LogP contribution in [0.25, 0.3) is 0 Å². The highest BCUT2D eigenvalue weighted by atomic mass is 16.1. The standard InChI is InChI=1S/C14H27NO/c1-5-7-14(4,11-16)10-15-8-6-12(2)13(3)9-15/h11-13H,5-10H2,1-4H3. The summed E-state index contributed by atoms with van der Waals surface area (Å²) in [5.74, 6) is 1.61. The molecule has 16 heavy (non-hydrogen) atoms. The van der Waals surface area contributed by atoms with E-state index in [1.54, 1.807) is 0 Å². The predicted octanol–water partition coefficient (Wildman–Crippen LogP) is 2.97. The third-order valence-corrected chi connectivity index (χ3v) is 4.11. The summed E-state index contributed by atoms with van der Waals surface area (Å²) < 4.78 is 0. The zero-order chi connectivity index (χ0) is 12.2. The Balaban J connectivity index is 2.50. The van der Waals surface area contributed by atoms with E-state index in [0.717, 1.165) is 37.8 Å². The molecule has 0 aromatic carbocycles. The Kier molecular flexibility index (Phi) is 4.97. The number of carbonyl (C=O) groups is 1. The van der Waals surface area contributed by atoms with Crippen LogP contribution in [-0.2, 0) is 4.79 Å². The van der Waals surface area contributed by atoms with Gasteiger partial charge in [0.15, 0.2) is 0 Å². The molecule has 1 fully saturated rings. The van der Waals surface area contributed by atoms with Gasteiger partial charge in [0.2, 0.25) is 0 Å². The maximum atomic E-state index is 11.2. The molecule has 1 heterocycles. The highest BCUT2D eigenvalue weighted by molar-refractivity contribution is 5.59. The Hall–Kier alpha value is -0.370. The SMILES string of the molecule is CCCC(C)(C=O)CN1CCC(C)C(C)C1. The van der Waals surface area contributed by atoms with E-state index >= 15 is 0 Å². The Morgan fingerprint density at radius 1 is 1.38 bits per heavy atom. The van der Waals surface area contributed by atoms with Gasteiger partial charge in [0, 0.05) is 18.5 Å². The maximum absolute atomic E-state index is 11.2. The fourth-order valence-electron chi connectivity index (χ4n) is 2.75. The van der Waals surface area contributed by atoms with Crippen LogP contribution in [0.5, 0.6) is 0 Å². The lowest BCUT2D eigenvalue weighted by Crippen LogP contribution is -2.44. The van der Waals surface area contributed by atoms with Crippen LogP contribution in [-0.4, -0.2) is 30.8 Å². The van der Waals surface area contributed by atoms with Crippen molar-refractivity contribution in [2.24, 2.45) is 17.3 Å². The van der Waals surface area contributed by atoms with E-state index in [9.17, 15) is 4.79 Å². The van der Waals surface area contributed by atoms with E-state index in [0.29, 0.717) is 0 Å². The van der Waals surface area contributed by atoms with Crippen LogP contribution in [0.4, 0.5) is 0 Å². The number of aldehydes is 1. The molecule has 3 unspecified atom stereocenters. The molecule has 3 atom stereocenters. The second-order valence-electron chi connectivity index (χ2n) is 6.00. The largest absolute Gasteiger partial charge is 0.303 e. The fraction of sp³-hybridized carbons (Fsp3) is 0.929. The van der Waals surface area contributed by atoms with Gasteiger partial charge < -0.3 is 9.69 Å². The van der Waals surface area contributed by atoms with Crippen LogP contribution >= 0.6 is 0 Å². The predicted molar refractivity (Wildman–Crippen MR) is 68.5 cm³/mol. The summed E-state index contributed by atoms with van der Waals surface area (Å²) in [6.07, 6.45) is 4.55. The summed E-state index contributed by atoms with van der Waals surface area (Å²) in [7, 11) is 0. The van der Waals surface area contributed by atoms with Gasteiger partial charge in [0.05, 0.1) is 0 Å². The van der Waals surface area contributed by atoms with Crippen LogP contribution in [0.15, 0.2) is 0 Å². The number of nitrogens with zero attached hydrogens (tertiary/aromatic N) is 1. The Morgan fingerprint density at radius 3 is 2.56 bits per heavy atom. The molecular weight excluding hydrogens is 198 g/mol. The van der Waals surface area contributed by atoms with Crippen LogP contribution < -0.4 is 0 Å². The Labute approximate surface area is 100 Å². The zero-order valence-corrected chi connectivity index (χ0v) is 11.3. The van der Waals surface area contributed by atoms with Crippen molar-refractivity contribution in [3.63, 3.8) is 0 Å². The normalized spacial score (nSPS) is 31.0. The lowest BCUT2D eigenvalue weighted by Gasteiger charge is -2.39. The molecule has 1 aliphatic rings. The van der Waals surface area contributed by atoms with Gasteiger partial charge in [0.1, 0.15) is 6.29 Å². The second-order valence-corrected chi connectivity index (χ2v) is 6.00. The van der Waals surface area contributed by atoms with Gasteiger partial charge in [-0.2, -0.15) is 0 Å². The van der Waals surface area contributed by atoms with E-state index in [4.69, 9.17) is 0 Å². The zero-order valence-electron chi connectivity index (χ0n) is 11.3. The van der Waals surface area contributed by atoms with Crippen molar-refractivity contribution in [2.45, 2.75) is 47.0 Å². The van der Waals surface area contributed by atoms with Crippen molar-refractivity contribution in [1.29, 1.82) is 0 Å². The quantitative estimate of drug-likeness (QED) is 0.670. The molecule has 0 aromatic heterocycles. The van der Waals surface area contributed by atoms with Crippen LogP contribution in [0.2, 0.25) is 0 Å². The summed E-state index contributed by atoms with van der Waals surface area (Å²) in [4.78, 5) is 13.7. The Bertz CT molecular complexity index is 229. The molecule has 0 aliphatic carbocycles. The number of hydrogen-bond donors (Lipinski definition) is 0. The van der Waals surface area contributed by atoms with E-state index in [1.165, 1.54) is 19.3 Å². The number of hydrogen-bond acceptors (Lipinski definition) is 2.